The van der Waals surface area contributed by atoms with Crippen molar-refractivity contribution in [2.75, 3.05) is 13.1 Å². The summed E-state index contributed by atoms with van der Waals surface area (Å²) in [5, 5.41) is 6.84. The molecule has 1 aromatic heterocycles. The third kappa shape index (κ3) is 2.49. The molecule has 1 aliphatic rings. The van der Waals surface area contributed by atoms with E-state index in [1.54, 1.807) is 0 Å². The van der Waals surface area contributed by atoms with Gasteiger partial charge >= 0.3 is 6.43 Å². The van der Waals surface area contributed by atoms with Gasteiger partial charge in [-0.2, -0.15) is 13.8 Å². The molecule has 0 atom stereocenters. The van der Waals surface area contributed by atoms with Crippen molar-refractivity contribution < 1.29 is 13.3 Å². The molecule has 0 aliphatic carbocycles. The molecule has 7 heteroatoms. The molecular weight excluding hydrogens is 240 g/mol. The number of aromatic nitrogens is 2. The molecule has 0 unspecified atom stereocenters. The van der Waals surface area contributed by atoms with Gasteiger partial charge in [0.05, 0.1) is 0 Å². The number of nitrogens with zero attached hydrogens (tertiary/aromatic N) is 2. The molecular formula is C9H14ClF2N3O. The molecule has 16 heavy (non-hydrogen) atoms. The van der Waals surface area contributed by atoms with Gasteiger partial charge in [-0.05, 0) is 25.9 Å². The Balaban J connectivity index is 0.00000128. The fourth-order valence-corrected chi connectivity index (χ4v) is 1.77. The molecule has 0 bridgehead atoms. The van der Waals surface area contributed by atoms with Gasteiger partial charge in [-0.3, -0.25) is 0 Å². The van der Waals surface area contributed by atoms with Crippen LogP contribution in [0.5, 0.6) is 0 Å². The molecule has 0 spiro atoms. The Morgan fingerprint density at radius 2 is 2.00 bits per heavy atom. The van der Waals surface area contributed by atoms with Crippen LogP contribution in [0.3, 0.4) is 0 Å². The van der Waals surface area contributed by atoms with Gasteiger partial charge in [-0.25, -0.2) is 0 Å². The van der Waals surface area contributed by atoms with Crippen LogP contribution in [0.25, 0.3) is 0 Å². The molecule has 1 aromatic rings. The van der Waals surface area contributed by atoms with E-state index in [9.17, 15) is 8.78 Å². The second kappa shape index (κ2) is 5.05. The van der Waals surface area contributed by atoms with Crippen LogP contribution in [-0.2, 0) is 5.41 Å². The first kappa shape index (κ1) is 13.3. The Morgan fingerprint density at radius 3 is 2.50 bits per heavy atom. The van der Waals surface area contributed by atoms with Crippen LogP contribution in [0.4, 0.5) is 8.78 Å². The predicted molar refractivity (Wildman–Crippen MR) is 56.0 cm³/mol. The van der Waals surface area contributed by atoms with E-state index in [0.717, 1.165) is 25.9 Å². The van der Waals surface area contributed by atoms with Crippen molar-refractivity contribution in [2.45, 2.75) is 31.6 Å². The largest absolute Gasteiger partial charge is 0.333 e. The summed E-state index contributed by atoms with van der Waals surface area (Å²) in [5.74, 6) is -0.177. The van der Waals surface area contributed by atoms with Crippen molar-refractivity contribution in [1.29, 1.82) is 0 Å². The van der Waals surface area contributed by atoms with Crippen LogP contribution in [0.1, 0.15) is 37.9 Å². The van der Waals surface area contributed by atoms with Crippen molar-refractivity contribution in [1.82, 2.24) is 15.5 Å². The fraction of sp³-hybridized carbons (Fsp3) is 0.778. The van der Waals surface area contributed by atoms with Gasteiger partial charge in [0.15, 0.2) is 5.82 Å². The Morgan fingerprint density at radius 1 is 1.38 bits per heavy atom. The zero-order valence-corrected chi connectivity index (χ0v) is 9.69. The Kier molecular flexibility index (Phi) is 4.21. The molecule has 2 heterocycles. The zero-order chi connectivity index (χ0) is 10.9. The molecule has 1 aliphatic heterocycles. The van der Waals surface area contributed by atoms with E-state index in [1.165, 1.54) is 0 Å². The monoisotopic (exact) mass is 253 g/mol. The smallest absolute Gasteiger partial charge is 0.315 e. The quantitative estimate of drug-likeness (QED) is 0.877. The normalized spacial score (nSPS) is 19.5. The number of hydrogen-bond donors (Lipinski definition) is 1. The maximum atomic E-state index is 12.3. The zero-order valence-electron chi connectivity index (χ0n) is 8.87. The first-order valence-corrected chi connectivity index (χ1v) is 4.95. The van der Waals surface area contributed by atoms with E-state index in [2.05, 4.69) is 20.0 Å². The van der Waals surface area contributed by atoms with E-state index in [-0.39, 0.29) is 17.8 Å². The molecule has 4 nitrogen and oxygen atoms in total. The summed E-state index contributed by atoms with van der Waals surface area (Å²) in [6.07, 6.45) is -0.999. The van der Waals surface area contributed by atoms with Crippen LogP contribution in [0.15, 0.2) is 4.52 Å². The average molecular weight is 254 g/mol. The minimum absolute atomic E-state index is 0. The van der Waals surface area contributed by atoms with Gasteiger partial charge in [0, 0.05) is 5.41 Å². The lowest BCUT2D eigenvalue weighted by molar-refractivity contribution is 0.106. The van der Waals surface area contributed by atoms with E-state index in [4.69, 9.17) is 0 Å². The lowest BCUT2D eigenvalue weighted by Crippen LogP contribution is -2.38. The summed E-state index contributed by atoms with van der Waals surface area (Å²) in [7, 11) is 0. The average Bonchev–Trinajstić information content (AvgIpc) is 2.68. The van der Waals surface area contributed by atoms with Crippen molar-refractivity contribution in [3.05, 3.63) is 11.7 Å². The van der Waals surface area contributed by atoms with Crippen molar-refractivity contribution in [3.8, 4) is 0 Å². The van der Waals surface area contributed by atoms with Gasteiger partial charge in [-0.15, -0.1) is 12.4 Å². The summed E-state index contributed by atoms with van der Waals surface area (Å²) >= 11 is 0. The molecule has 2 rings (SSSR count). The van der Waals surface area contributed by atoms with Crippen molar-refractivity contribution in [2.24, 2.45) is 0 Å². The first-order chi connectivity index (χ1) is 7.12. The molecule has 0 aromatic carbocycles. The number of nitrogens with one attached hydrogen (secondary N) is 1. The van der Waals surface area contributed by atoms with E-state index in [1.807, 2.05) is 6.92 Å². The van der Waals surface area contributed by atoms with E-state index < -0.39 is 12.3 Å². The number of alkyl halides is 2. The predicted octanol–water partition coefficient (Wildman–Crippen LogP) is 2.07. The Hall–Kier alpha value is -0.750. The summed E-state index contributed by atoms with van der Waals surface area (Å²) in [4.78, 5) is 3.75. The number of piperidine rings is 1. The van der Waals surface area contributed by atoms with Crippen LogP contribution in [0.2, 0.25) is 0 Å². The second-order valence-electron chi connectivity index (χ2n) is 4.07. The highest BCUT2D eigenvalue weighted by Crippen LogP contribution is 2.31. The maximum Gasteiger partial charge on any atom is 0.315 e. The van der Waals surface area contributed by atoms with Crippen LogP contribution >= 0.6 is 12.4 Å². The molecule has 0 saturated carbocycles. The van der Waals surface area contributed by atoms with Crippen molar-refractivity contribution >= 4 is 12.4 Å². The molecule has 92 valence electrons. The highest BCUT2D eigenvalue weighted by molar-refractivity contribution is 5.85. The molecule has 0 amide bonds. The number of rotatable bonds is 2. The molecule has 1 fully saturated rings. The highest BCUT2D eigenvalue weighted by atomic mass is 35.5. The standard InChI is InChI=1S/C9H13F2N3O.ClH/c1-9(2-4-12-5-3-9)8-13-7(6(10)11)15-14-8;/h6,12H,2-5H2,1H3;1H. The third-order valence-corrected chi connectivity index (χ3v) is 2.88. The lowest BCUT2D eigenvalue weighted by Gasteiger charge is -2.30. The topological polar surface area (TPSA) is 51.0 Å². The van der Waals surface area contributed by atoms with Crippen molar-refractivity contribution in [3.63, 3.8) is 0 Å². The van der Waals surface area contributed by atoms with E-state index in [0.29, 0.717) is 5.82 Å². The fourth-order valence-electron chi connectivity index (χ4n) is 1.77. The van der Waals surface area contributed by atoms with Crippen LogP contribution < -0.4 is 5.32 Å². The third-order valence-electron chi connectivity index (χ3n) is 2.88. The maximum absolute atomic E-state index is 12.3. The number of hydrogen-bond acceptors (Lipinski definition) is 4. The molecule has 0 radical (unpaired) electrons. The lowest BCUT2D eigenvalue weighted by atomic mass is 9.80. The summed E-state index contributed by atoms with van der Waals surface area (Å²) < 4.78 is 29.0. The minimum atomic E-state index is -2.68. The van der Waals surface area contributed by atoms with Gasteiger partial charge in [0.25, 0.3) is 5.89 Å². The van der Waals surface area contributed by atoms with Crippen LogP contribution in [-0.4, -0.2) is 23.2 Å². The highest BCUT2D eigenvalue weighted by Gasteiger charge is 2.34. The molecule has 1 saturated heterocycles. The van der Waals surface area contributed by atoms with Gasteiger partial charge in [0.1, 0.15) is 0 Å². The first-order valence-electron chi connectivity index (χ1n) is 4.95. The summed E-state index contributed by atoms with van der Waals surface area (Å²) in [5.41, 5.74) is -0.234. The summed E-state index contributed by atoms with van der Waals surface area (Å²) in [6.45, 7) is 3.69. The Labute approximate surface area is 98.2 Å². The minimum Gasteiger partial charge on any atom is -0.333 e. The summed E-state index contributed by atoms with van der Waals surface area (Å²) in [6, 6.07) is 0. The Bertz CT molecular complexity index is 339. The SMILES string of the molecule is CC1(c2noc(C(F)F)n2)CCNCC1.Cl. The number of halogens is 3. The van der Waals surface area contributed by atoms with Crippen LogP contribution in [0, 0.1) is 0 Å². The van der Waals surface area contributed by atoms with Gasteiger partial charge in [-0.1, -0.05) is 12.1 Å². The molecule has 1 N–H and O–H groups in total. The van der Waals surface area contributed by atoms with Gasteiger partial charge < -0.3 is 9.84 Å². The van der Waals surface area contributed by atoms with E-state index >= 15 is 0 Å². The van der Waals surface area contributed by atoms with Gasteiger partial charge in [0.2, 0.25) is 0 Å². The second-order valence-corrected chi connectivity index (χ2v) is 4.07.